The maximum absolute atomic E-state index is 12.2. The number of nitrogens with one attached hydrogen (secondary N) is 2. The van der Waals surface area contributed by atoms with Crippen LogP contribution in [0, 0.1) is 0 Å². The third kappa shape index (κ3) is 5.82. The smallest absolute Gasteiger partial charge is 0.255 e. The van der Waals surface area contributed by atoms with Gasteiger partial charge in [0, 0.05) is 24.2 Å². The van der Waals surface area contributed by atoms with Crippen molar-refractivity contribution in [3.05, 3.63) is 102 Å². The number of aryl methyl sites for hydroxylation is 1. The zero-order valence-electron chi connectivity index (χ0n) is 15.0. The lowest BCUT2D eigenvalue weighted by molar-refractivity contribution is -0.121. The van der Waals surface area contributed by atoms with Gasteiger partial charge in [-0.15, -0.1) is 0 Å². The molecule has 27 heavy (non-hydrogen) atoms. The number of rotatable bonds is 7. The maximum Gasteiger partial charge on any atom is 0.255 e. The number of carbonyl (C=O) groups excluding carboxylic acids is 2. The summed E-state index contributed by atoms with van der Waals surface area (Å²) in [5.74, 6) is -0.135. The average molecular weight is 358 g/mol. The van der Waals surface area contributed by atoms with Gasteiger partial charge in [0.05, 0.1) is 0 Å². The minimum absolute atomic E-state index is 0.0183. The van der Waals surface area contributed by atoms with E-state index < -0.39 is 0 Å². The molecular formula is C23H22N2O2. The van der Waals surface area contributed by atoms with E-state index in [4.69, 9.17) is 0 Å². The largest absolute Gasteiger partial charge is 0.352 e. The van der Waals surface area contributed by atoms with Crippen molar-refractivity contribution in [2.45, 2.75) is 19.4 Å². The van der Waals surface area contributed by atoms with Crippen molar-refractivity contribution in [3.8, 4) is 0 Å². The molecule has 0 spiro atoms. The third-order valence-electron chi connectivity index (χ3n) is 4.22. The summed E-state index contributed by atoms with van der Waals surface area (Å²) in [5, 5.41) is 5.77. The summed E-state index contributed by atoms with van der Waals surface area (Å²) in [6, 6.07) is 26.5. The summed E-state index contributed by atoms with van der Waals surface area (Å²) in [6.45, 7) is 0.453. The molecule has 0 heterocycles. The minimum Gasteiger partial charge on any atom is -0.352 e. The highest BCUT2D eigenvalue weighted by molar-refractivity contribution is 6.04. The molecule has 3 rings (SSSR count). The van der Waals surface area contributed by atoms with Gasteiger partial charge in [-0.3, -0.25) is 9.59 Å². The molecule has 4 heteroatoms. The number of hydrogen-bond donors (Lipinski definition) is 2. The third-order valence-corrected chi connectivity index (χ3v) is 4.22. The molecule has 136 valence electrons. The Balaban J connectivity index is 1.46. The molecule has 3 aromatic rings. The zero-order valence-corrected chi connectivity index (χ0v) is 15.0. The van der Waals surface area contributed by atoms with Crippen LogP contribution in [0.5, 0.6) is 0 Å². The van der Waals surface area contributed by atoms with E-state index in [-0.39, 0.29) is 11.8 Å². The van der Waals surface area contributed by atoms with E-state index in [2.05, 4.69) is 10.6 Å². The molecule has 3 aromatic carbocycles. The SMILES string of the molecule is O=C(CCc1ccccc1)NCc1ccc(C(=O)Nc2ccccc2)cc1. The second-order valence-electron chi connectivity index (χ2n) is 6.28. The molecule has 0 aliphatic rings. The van der Waals surface area contributed by atoms with Crippen LogP contribution in [-0.4, -0.2) is 11.8 Å². The Hall–Kier alpha value is -3.40. The van der Waals surface area contributed by atoms with E-state index in [0.29, 0.717) is 18.5 Å². The van der Waals surface area contributed by atoms with Gasteiger partial charge in [0.15, 0.2) is 0 Å². The van der Waals surface area contributed by atoms with E-state index in [1.165, 1.54) is 0 Å². The van der Waals surface area contributed by atoms with Crippen molar-refractivity contribution in [1.29, 1.82) is 0 Å². The van der Waals surface area contributed by atoms with Gasteiger partial charge >= 0.3 is 0 Å². The fourth-order valence-electron chi connectivity index (χ4n) is 2.69. The monoisotopic (exact) mass is 358 g/mol. The molecule has 0 aromatic heterocycles. The molecule has 0 atom stereocenters. The van der Waals surface area contributed by atoms with Crippen LogP contribution < -0.4 is 10.6 Å². The Morgan fingerprint density at radius 1 is 0.704 bits per heavy atom. The second kappa shape index (κ2) is 9.34. The van der Waals surface area contributed by atoms with Crippen LogP contribution in [0.1, 0.15) is 27.9 Å². The maximum atomic E-state index is 12.2. The molecule has 2 amide bonds. The van der Waals surface area contributed by atoms with Crippen molar-refractivity contribution in [2.24, 2.45) is 0 Å². The molecule has 2 N–H and O–H groups in total. The average Bonchev–Trinajstić information content (AvgIpc) is 2.72. The summed E-state index contributed by atoms with van der Waals surface area (Å²) in [4.78, 5) is 24.2. The van der Waals surface area contributed by atoms with Crippen LogP contribution in [0.15, 0.2) is 84.9 Å². The van der Waals surface area contributed by atoms with Gasteiger partial charge in [-0.1, -0.05) is 60.7 Å². The molecule has 0 bridgehead atoms. The summed E-state index contributed by atoms with van der Waals surface area (Å²) < 4.78 is 0. The van der Waals surface area contributed by atoms with Crippen LogP contribution in [0.2, 0.25) is 0 Å². The first-order chi connectivity index (χ1) is 13.2. The van der Waals surface area contributed by atoms with Crippen molar-refractivity contribution in [1.82, 2.24) is 5.32 Å². The van der Waals surface area contributed by atoms with E-state index in [1.54, 1.807) is 12.1 Å². The van der Waals surface area contributed by atoms with Crippen molar-refractivity contribution in [2.75, 3.05) is 5.32 Å². The zero-order chi connectivity index (χ0) is 18.9. The number of para-hydroxylation sites is 1. The molecule has 4 nitrogen and oxygen atoms in total. The predicted molar refractivity (Wildman–Crippen MR) is 107 cm³/mol. The number of anilines is 1. The van der Waals surface area contributed by atoms with Crippen LogP contribution in [0.4, 0.5) is 5.69 Å². The number of amides is 2. The molecule has 0 fully saturated rings. The van der Waals surface area contributed by atoms with E-state index in [9.17, 15) is 9.59 Å². The van der Waals surface area contributed by atoms with Gasteiger partial charge in [0.25, 0.3) is 5.91 Å². The molecule has 0 aliphatic carbocycles. The first kappa shape index (κ1) is 18.4. The highest BCUT2D eigenvalue weighted by atomic mass is 16.2. The topological polar surface area (TPSA) is 58.2 Å². The Kier molecular flexibility index (Phi) is 6.36. The van der Waals surface area contributed by atoms with Gasteiger partial charge in [-0.05, 0) is 41.8 Å². The highest BCUT2D eigenvalue weighted by Gasteiger charge is 2.07. The Morgan fingerprint density at radius 2 is 1.33 bits per heavy atom. The summed E-state index contributed by atoms with van der Waals surface area (Å²) in [7, 11) is 0. The van der Waals surface area contributed by atoms with Gasteiger partial charge in [-0.2, -0.15) is 0 Å². The van der Waals surface area contributed by atoms with Crippen molar-refractivity contribution < 1.29 is 9.59 Å². The minimum atomic E-state index is -0.153. The van der Waals surface area contributed by atoms with Gasteiger partial charge < -0.3 is 10.6 Å². The molecule has 0 saturated carbocycles. The predicted octanol–water partition coefficient (Wildman–Crippen LogP) is 4.19. The molecule has 0 aliphatic heterocycles. The van der Waals surface area contributed by atoms with Gasteiger partial charge in [0.1, 0.15) is 0 Å². The molecular weight excluding hydrogens is 336 g/mol. The van der Waals surface area contributed by atoms with Crippen LogP contribution in [-0.2, 0) is 17.8 Å². The summed E-state index contributed by atoms with van der Waals surface area (Å²) in [6.07, 6.45) is 1.19. The van der Waals surface area contributed by atoms with Crippen LogP contribution in [0.3, 0.4) is 0 Å². The normalized spacial score (nSPS) is 10.2. The molecule has 0 unspecified atom stereocenters. The van der Waals surface area contributed by atoms with Gasteiger partial charge in [0.2, 0.25) is 5.91 Å². The Morgan fingerprint density at radius 3 is 2.00 bits per heavy atom. The molecule has 0 radical (unpaired) electrons. The number of benzene rings is 3. The first-order valence-corrected chi connectivity index (χ1v) is 8.97. The quantitative estimate of drug-likeness (QED) is 0.665. The number of hydrogen-bond acceptors (Lipinski definition) is 2. The standard InChI is InChI=1S/C23H22N2O2/c26-22(16-13-18-7-3-1-4-8-18)24-17-19-11-14-20(15-12-19)23(27)25-21-9-5-2-6-10-21/h1-12,14-15H,13,16-17H2,(H,24,26)(H,25,27). The van der Waals surface area contributed by atoms with Crippen LogP contribution in [0.25, 0.3) is 0 Å². The fourth-order valence-corrected chi connectivity index (χ4v) is 2.69. The van der Waals surface area contributed by atoms with E-state index >= 15 is 0 Å². The lowest BCUT2D eigenvalue weighted by Gasteiger charge is -2.08. The fraction of sp³-hybridized carbons (Fsp3) is 0.130. The lowest BCUT2D eigenvalue weighted by Crippen LogP contribution is -2.23. The number of carbonyl (C=O) groups is 2. The summed E-state index contributed by atoms with van der Waals surface area (Å²) >= 11 is 0. The first-order valence-electron chi connectivity index (χ1n) is 8.97. The summed E-state index contributed by atoms with van der Waals surface area (Å²) in [5.41, 5.74) is 3.45. The van der Waals surface area contributed by atoms with E-state index in [0.717, 1.165) is 23.2 Å². The van der Waals surface area contributed by atoms with Crippen molar-refractivity contribution >= 4 is 17.5 Å². The van der Waals surface area contributed by atoms with Crippen LogP contribution >= 0.6 is 0 Å². The lowest BCUT2D eigenvalue weighted by atomic mass is 10.1. The Bertz CT molecular complexity index is 875. The van der Waals surface area contributed by atoms with E-state index in [1.807, 2.05) is 72.8 Å². The van der Waals surface area contributed by atoms with Gasteiger partial charge in [-0.25, -0.2) is 0 Å². The Labute approximate surface area is 159 Å². The second-order valence-corrected chi connectivity index (χ2v) is 6.28. The highest BCUT2D eigenvalue weighted by Crippen LogP contribution is 2.10. The molecule has 0 saturated heterocycles. The van der Waals surface area contributed by atoms with Crippen molar-refractivity contribution in [3.63, 3.8) is 0 Å².